The summed E-state index contributed by atoms with van der Waals surface area (Å²) in [6, 6.07) is 0. The molecule has 1 aromatic carbocycles. The van der Waals surface area contributed by atoms with E-state index in [1.807, 2.05) is 20.8 Å². The summed E-state index contributed by atoms with van der Waals surface area (Å²) in [6.45, 7) is 10.9. The molecule has 6 heteroatoms. The Morgan fingerprint density at radius 2 is 1.74 bits per heavy atom. The molecule has 0 radical (unpaired) electrons. The third kappa shape index (κ3) is 2.69. The molecular formula is C25H32O6. The van der Waals surface area contributed by atoms with E-state index >= 15 is 0 Å². The Morgan fingerprint density at radius 1 is 1.00 bits per heavy atom. The molecule has 3 heterocycles. The summed E-state index contributed by atoms with van der Waals surface area (Å²) in [6.07, 6.45) is 3.78. The van der Waals surface area contributed by atoms with Crippen LogP contribution in [0, 0.1) is 24.2 Å². The number of fused-ring (bicyclic) bond motifs is 5. The predicted octanol–water partition coefficient (Wildman–Crippen LogP) is 4.52. The molecule has 0 aromatic heterocycles. The summed E-state index contributed by atoms with van der Waals surface area (Å²) in [5.41, 5.74) is 2.33. The van der Waals surface area contributed by atoms with Gasteiger partial charge in [0.05, 0.1) is 7.11 Å². The van der Waals surface area contributed by atoms with E-state index < -0.39 is 5.60 Å². The fraction of sp³-hybridized carbons (Fsp3) is 0.680. The van der Waals surface area contributed by atoms with Gasteiger partial charge in [-0.15, -0.1) is 0 Å². The summed E-state index contributed by atoms with van der Waals surface area (Å²) < 4.78 is 23.9. The molecule has 6 nitrogen and oxygen atoms in total. The van der Waals surface area contributed by atoms with Gasteiger partial charge in [-0.05, 0) is 64.4 Å². The largest absolute Gasteiger partial charge is 0.495 e. The molecule has 0 unspecified atom stereocenters. The van der Waals surface area contributed by atoms with E-state index in [1.165, 1.54) is 0 Å². The summed E-state index contributed by atoms with van der Waals surface area (Å²) in [4.78, 5) is 24.9. The average molecular weight is 429 g/mol. The lowest BCUT2D eigenvalue weighted by molar-refractivity contribution is -0.178. The number of benzene rings is 1. The molecule has 0 spiro atoms. The van der Waals surface area contributed by atoms with Crippen LogP contribution < -0.4 is 9.47 Å². The van der Waals surface area contributed by atoms with Crippen LogP contribution >= 0.6 is 0 Å². The van der Waals surface area contributed by atoms with Gasteiger partial charge in [-0.3, -0.25) is 4.79 Å². The Labute approximate surface area is 183 Å². The van der Waals surface area contributed by atoms with Crippen LogP contribution in [-0.4, -0.2) is 30.3 Å². The Morgan fingerprint density at radius 3 is 2.45 bits per heavy atom. The zero-order valence-electron chi connectivity index (χ0n) is 19.3. The number of ether oxygens (including phenoxy) is 4. The van der Waals surface area contributed by atoms with Crippen LogP contribution in [0.15, 0.2) is 0 Å². The lowest BCUT2D eigenvalue weighted by Crippen LogP contribution is -2.61. The summed E-state index contributed by atoms with van der Waals surface area (Å²) in [7, 11) is 1.61. The summed E-state index contributed by atoms with van der Waals surface area (Å²) >= 11 is 0. The number of esters is 2. The van der Waals surface area contributed by atoms with Gasteiger partial charge in [0.15, 0.2) is 0 Å². The van der Waals surface area contributed by atoms with Gasteiger partial charge in [0.25, 0.3) is 0 Å². The molecule has 3 aliphatic heterocycles. The predicted molar refractivity (Wildman–Crippen MR) is 113 cm³/mol. The zero-order valence-corrected chi connectivity index (χ0v) is 19.3. The fourth-order valence-electron chi connectivity index (χ4n) is 7.26. The van der Waals surface area contributed by atoms with Crippen LogP contribution in [0.25, 0.3) is 0 Å². The maximum atomic E-state index is 12.5. The molecule has 5 rings (SSSR count). The van der Waals surface area contributed by atoms with E-state index in [1.54, 1.807) is 7.11 Å². The van der Waals surface area contributed by atoms with E-state index in [4.69, 9.17) is 18.9 Å². The van der Waals surface area contributed by atoms with Gasteiger partial charge in [0, 0.05) is 29.4 Å². The highest BCUT2D eigenvalue weighted by atomic mass is 16.6. The van der Waals surface area contributed by atoms with Crippen LogP contribution in [0.2, 0.25) is 0 Å². The van der Waals surface area contributed by atoms with Crippen molar-refractivity contribution in [2.45, 2.75) is 84.5 Å². The third-order valence-corrected chi connectivity index (χ3v) is 8.71. The molecule has 31 heavy (non-hydrogen) atoms. The molecular weight excluding hydrogens is 396 g/mol. The first-order valence-corrected chi connectivity index (χ1v) is 11.3. The number of rotatable bonds is 1. The lowest BCUT2D eigenvalue weighted by atomic mass is 9.49. The van der Waals surface area contributed by atoms with E-state index in [-0.39, 0.29) is 41.4 Å². The minimum atomic E-state index is -0.522. The van der Waals surface area contributed by atoms with Crippen molar-refractivity contribution in [2.24, 2.45) is 17.3 Å². The van der Waals surface area contributed by atoms with Crippen molar-refractivity contribution in [2.75, 3.05) is 7.11 Å². The van der Waals surface area contributed by atoms with Crippen molar-refractivity contribution in [1.82, 2.24) is 0 Å². The maximum Gasteiger partial charge on any atom is 0.342 e. The molecule has 2 fully saturated rings. The molecule has 4 aliphatic rings. The van der Waals surface area contributed by atoms with Gasteiger partial charge in [-0.25, -0.2) is 4.79 Å². The number of hydrogen-bond donors (Lipinski definition) is 0. The van der Waals surface area contributed by atoms with Crippen molar-refractivity contribution >= 4 is 11.9 Å². The molecule has 1 aromatic rings. The van der Waals surface area contributed by atoms with Gasteiger partial charge in [0.2, 0.25) is 0 Å². The first kappa shape index (κ1) is 20.7. The van der Waals surface area contributed by atoms with Crippen molar-refractivity contribution in [3.63, 3.8) is 0 Å². The van der Waals surface area contributed by atoms with Gasteiger partial charge in [-0.2, -0.15) is 0 Å². The highest BCUT2D eigenvalue weighted by molar-refractivity contribution is 5.98. The van der Waals surface area contributed by atoms with Crippen LogP contribution in [-0.2, 0) is 27.3 Å². The second kappa shape index (κ2) is 6.39. The first-order chi connectivity index (χ1) is 14.5. The minimum absolute atomic E-state index is 0.117. The summed E-state index contributed by atoms with van der Waals surface area (Å²) in [5, 5.41) is 0. The Bertz CT molecular complexity index is 994. The molecule has 0 bridgehead atoms. The number of hydrogen-bond acceptors (Lipinski definition) is 6. The second-order valence-corrected chi connectivity index (χ2v) is 10.7. The number of carbonyl (C=O) groups is 2. The van der Waals surface area contributed by atoms with Crippen LogP contribution in [0.3, 0.4) is 0 Å². The highest BCUT2D eigenvalue weighted by Crippen LogP contribution is 2.62. The standard InChI is InChI=1S/C25H32O6/c1-13-15-12-29-22(27)19(15)21(28-6)14-11-17-24(4)9-8-18(26)30-23(2,3)16(24)7-10-25(17,5)31-20(13)14/h16-17H,7-12H2,1-6H3/t16-,17+,24-,25-/m1/s1. The molecule has 1 saturated heterocycles. The van der Waals surface area contributed by atoms with Crippen LogP contribution in [0.5, 0.6) is 11.5 Å². The number of carbonyl (C=O) groups excluding carboxylic acids is 2. The number of cyclic esters (lactones) is 2. The molecule has 1 saturated carbocycles. The molecule has 0 N–H and O–H groups in total. The smallest absolute Gasteiger partial charge is 0.342 e. The van der Waals surface area contributed by atoms with E-state index in [0.717, 1.165) is 48.1 Å². The van der Waals surface area contributed by atoms with E-state index in [9.17, 15) is 9.59 Å². The topological polar surface area (TPSA) is 71.1 Å². The monoisotopic (exact) mass is 428 g/mol. The molecule has 0 amide bonds. The van der Waals surface area contributed by atoms with Crippen LogP contribution in [0.4, 0.5) is 0 Å². The van der Waals surface area contributed by atoms with Crippen molar-refractivity contribution in [1.29, 1.82) is 0 Å². The van der Waals surface area contributed by atoms with Crippen molar-refractivity contribution in [3.8, 4) is 11.5 Å². The minimum Gasteiger partial charge on any atom is -0.495 e. The molecule has 168 valence electrons. The Hall–Kier alpha value is -2.24. The van der Waals surface area contributed by atoms with Gasteiger partial charge in [0.1, 0.15) is 34.9 Å². The maximum absolute atomic E-state index is 12.5. The zero-order chi connectivity index (χ0) is 22.3. The van der Waals surface area contributed by atoms with Crippen LogP contribution in [0.1, 0.15) is 80.4 Å². The third-order valence-electron chi connectivity index (χ3n) is 8.71. The average Bonchev–Trinajstić information content (AvgIpc) is 3.04. The van der Waals surface area contributed by atoms with E-state index in [2.05, 4.69) is 13.8 Å². The van der Waals surface area contributed by atoms with Gasteiger partial charge >= 0.3 is 11.9 Å². The summed E-state index contributed by atoms with van der Waals surface area (Å²) in [5.74, 6) is 1.40. The number of methoxy groups -OCH3 is 1. The first-order valence-electron chi connectivity index (χ1n) is 11.3. The van der Waals surface area contributed by atoms with Gasteiger partial charge < -0.3 is 18.9 Å². The molecule has 1 aliphatic carbocycles. The second-order valence-electron chi connectivity index (χ2n) is 10.7. The fourth-order valence-corrected chi connectivity index (χ4v) is 7.26. The van der Waals surface area contributed by atoms with E-state index in [0.29, 0.717) is 17.7 Å². The Balaban J connectivity index is 1.67. The van der Waals surface area contributed by atoms with Crippen molar-refractivity contribution in [3.05, 3.63) is 22.3 Å². The SMILES string of the molecule is COc1c2c(c(C)c3c1C(=O)OC3)O[C@]1(C)CC[C@@H]3C(C)(C)OC(=O)CC[C@@]3(C)[C@@H]1C2. The molecule has 4 atom stereocenters. The Kier molecular flexibility index (Phi) is 4.26. The lowest BCUT2D eigenvalue weighted by Gasteiger charge is -2.59. The van der Waals surface area contributed by atoms with Crippen molar-refractivity contribution < 1.29 is 28.5 Å². The highest BCUT2D eigenvalue weighted by Gasteiger charge is 2.62. The quantitative estimate of drug-likeness (QED) is 0.613. The van der Waals surface area contributed by atoms with Gasteiger partial charge in [-0.1, -0.05) is 6.92 Å². The normalized spacial score (nSPS) is 35.4.